The molecule has 4 fully saturated rings. The number of aliphatic hydroxyl groups excluding tert-OH is 14. The van der Waals surface area contributed by atoms with E-state index < -0.39 is 197 Å². The summed E-state index contributed by atoms with van der Waals surface area (Å²) in [4.78, 5) is 49.8. The van der Waals surface area contributed by atoms with Gasteiger partial charge in [0.15, 0.2) is 12.6 Å². The van der Waals surface area contributed by atoms with Gasteiger partial charge in [0, 0.05) is 26.7 Å². The van der Waals surface area contributed by atoms with E-state index in [-0.39, 0.29) is 0 Å². The summed E-state index contributed by atoms with van der Waals surface area (Å²) in [5.41, 5.74) is 0. The van der Waals surface area contributed by atoms with Crippen LogP contribution in [0.1, 0.15) is 26.7 Å². The number of aliphatic carboxylic acids is 2. The lowest BCUT2D eigenvalue weighted by Gasteiger charge is -2.51. The maximum absolute atomic E-state index is 13.0. The summed E-state index contributed by atoms with van der Waals surface area (Å²) in [6.07, 6.45) is -40.9. The molecule has 2 amide bonds. The molecule has 4 saturated heterocycles. The van der Waals surface area contributed by atoms with E-state index in [1.54, 1.807) is 0 Å². The van der Waals surface area contributed by atoms with Gasteiger partial charge in [-0.25, -0.2) is 9.59 Å². The third-order valence-electron chi connectivity index (χ3n) is 11.0. The highest BCUT2D eigenvalue weighted by molar-refractivity contribution is 5.77. The number of amides is 2. The lowest BCUT2D eigenvalue weighted by molar-refractivity contribution is -0.390. The number of hydrogen-bond donors (Lipinski definition) is 18. The van der Waals surface area contributed by atoms with Gasteiger partial charge in [0.05, 0.1) is 50.7 Å². The first-order valence-electron chi connectivity index (χ1n) is 19.3. The third kappa shape index (κ3) is 11.4. The molecule has 0 radical (unpaired) electrons. The smallest absolute Gasteiger partial charge is 0.364 e. The zero-order valence-corrected chi connectivity index (χ0v) is 33.4. The van der Waals surface area contributed by atoms with Crippen molar-refractivity contribution in [1.82, 2.24) is 10.6 Å². The highest BCUT2D eigenvalue weighted by atomic mass is 16.8. The summed E-state index contributed by atoms with van der Waals surface area (Å²) in [5.74, 6) is -12.2. The van der Waals surface area contributed by atoms with Gasteiger partial charge >= 0.3 is 11.9 Å². The van der Waals surface area contributed by atoms with Gasteiger partial charge in [-0.05, 0) is 0 Å². The molecule has 1 unspecified atom stereocenters. The van der Waals surface area contributed by atoms with Crippen LogP contribution < -0.4 is 10.6 Å². The highest BCUT2D eigenvalue weighted by Crippen LogP contribution is 2.40. The van der Waals surface area contributed by atoms with Gasteiger partial charge in [0.1, 0.15) is 85.5 Å². The SMILES string of the molecule is CC(=O)N[C@@H]1[C@H]([C@H](O)[C@H](O)CO)O[C@@](OC[C@H]2O[C@@H](O[C@H]3[C@H](O)[C@@H](O)C(O)O[C@@H]3CO)[C@H](O)[C@@H](O[C@]3(C(=O)O)C[C@H](O)[C@H](NC(C)=O)[C@H]([C@H](O)[C@H](O)CO)O3)[C@H]2O)(C(=O)O)C[C@@H]1O. The number of carbonyl (C=O) groups excluding carboxylic acids is 2. The van der Waals surface area contributed by atoms with Gasteiger partial charge in [-0.1, -0.05) is 0 Å². The number of aliphatic hydroxyl groups is 14. The normalized spacial score (nSPS) is 42.9. The first-order chi connectivity index (χ1) is 29.4. The van der Waals surface area contributed by atoms with Crippen LogP contribution in [-0.2, 0) is 52.3 Å². The maximum atomic E-state index is 13.0. The molecule has 4 aliphatic heterocycles. The largest absolute Gasteiger partial charge is 0.477 e. The Bertz CT molecular complexity index is 1560. The Morgan fingerprint density at radius 3 is 1.57 bits per heavy atom. The Balaban J connectivity index is 1.77. The number of rotatable bonds is 18. The van der Waals surface area contributed by atoms with E-state index in [4.69, 9.17) is 33.2 Å². The Morgan fingerprint density at radius 2 is 1.13 bits per heavy atom. The molecule has 4 rings (SSSR count). The second-order valence-electron chi connectivity index (χ2n) is 15.5. The van der Waals surface area contributed by atoms with Crippen LogP contribution in [0, 0.1) is 0 Å². The molecule has 22 atom stereocenters. The van der Waals surface area contributed by atoms with Crippen LogP contribution in [0.3, 0.4) is 0 Å². The van der Waals surface area contributed by atoms with Gasteiger partial charge in [-0.15, -0.1) is 0 Å². The summed E-state index contributed by atoms with van der Waals surface area (Å²) in [5, 5.41) is 173. The van der Waals surface area contributed by atoms with Crippen LogP contribution in [0.25, 0.3) is 0 Å². The molecule has 0 saturated carbocycles. The number of hydrogen-bond acceptors (Lipinski definition) is 25. The number of ether oxygens (including phenoxy) is 7. The predicted octanol–water partition coefficient (Wildman–Crippen LogP) is -11.0. The van der Waals surface area contributed by atoms with E-state index in [1.807, 2.05) is 0 Å². The minimum Gasteiger partial charge on any atom is -0.477 e. The second kappa shape index (κ2) is 21.6. The fraction of sp³-hybridized carbons (Fsp3) is 0.882. The molecule has 0 bridgehead atoms. The van der Waals surface area contributed by atoms with Gasteiger partial charge in [0.25, 0.3) is 11.6 Å². The maximum Gasteiger partial charge on any atom is 0.364 e. The zero-order valence-electron chi connectivity index (χ0n) is 33.4. The second-order valence-corrected chi connectivity index (χ2v) is 15.5. The predicted molar refractivity (Wildman–Crippen MR) is 191 cm³/mol. The Labute approximate surface area is 355 Å². The van der Waals surface area contributed by atoms with Crippen molar-refractivity contribution in [3.8, 4) is 0 Å². The van der Waals surface area contributed by atoms with E-state index in [0.717, 1.165) is 13.8 Å². The molecule has 63 heavy (non-hydrogen) atoms. The lowest BCUT2D eigenvalue weighted by atomic mass is 9.88. The van der Waals surface area contributed by atoms with Crippen LogP contribution >= 0.6 is 0 Å². The van der Waals surface area contributed by atoms with Crippen molar-refractivity contribution in [1.29, 1.82) is 0 Å². The monoisotopic (exact) mass is 924 g/mol. The lowest BCUT2D eigenvalue weighted by Crippen LogP contribution is -2.71. The van der Waals surface area contributed by atoms with Crippen LogP contribution in [0.2, 0.25) is 0 Å². The van der Waals surface area contributed by atoms with Gasteiger partial charge < -0.3 is 125 Å². The molecule has 0 aliphatic carbocycles. The third-order valence-corrected chi connectivity index (χ3v) is 11.0. The molecule has 4 heterocycles. The van der Waals surface area contributed by atoms with Crippen LogP contribution in [0.15, 0.2) is 0 Å². The van der Waals surface area contributed by atoms with Gasteiger partial charge in [-0.3, -0.25) is 9.59 Å². The Morgan fingerprint density at radius 1 is 0.651 bits per heavy atom. The van der Waals surface area contributed by atoms with Crippen molar-refractivity contribution < 1.29 is 134 Å². The van der Waals surface area contributed by atoms with Gasteiger partial charge in [0.2, 0.25) is 11.8 Å². The van der Waals surface area contributed by atoms with Crippen LogP contribution in [0.4, 0.5) is 0 Å². The van der Waals surface area contributed by atoms with Crippen molar-refractivity contribution >= 4 is 23.8 Å². The quantitative estimate of drug-likeness (QED) is 0.0607. The molecule has 0 aromatic heterocycles. The standard InChI is InChI=1S/C34H56N2O27/c1-9(40)35-17-11(42)3-33(31(53)54,61-26(17)19(46)13(44)5-37)57-8-16-21(48)28(24(51)30(59-16)60-25-15(7-39)58-29(52)23(50)22(25)49)63-34(32(55)56)4-12(43)18(36-10(2)41)27(62-34)20(47)14(45)6-38/h11-30,37-39,42-52H,3-8H2,1-2H3,(H,35,40)(H,36,41)(H,53,54)(H,55,56)/t11-,12-,13+,14+,15+,16+,17-,18-,19+,20+,21-,22+,23+,24+,25+,26+,27+,28-,29?,30-,33+,34-/m0/s1. The summed E-state index contributed by atoms with van der Waals surface area (Å²) in [6.45, 7) is -2.63. The minimum atomic E-state index is -3.29. The van der Waals surface area contributed by atoms with Crippen molar-refractivity contribution in [3.63, 3.8) is 0 Å². The molecular weight excluding hydrogens is 868 g/mol. The Kier molecular flexibility index (Phi) is 18.0. The molecule has 364 valence electrons. The zero-order chi connectivity index (χ0) is 47.5. The molecule has 0 spiro atoms. The fourth-order valence-electron chi connectivity index (χ4n) is 7.64. The Hall–Kier alpha value is -2.96. The highest BCUT2D eigenvalue weighted by Gasteiger charge is 2.61. The van der Waals surface area contributed by atoms with Crippen molar-refractivity contribution in [2.45, 2.75) is 161 Å². The van der Waals surface area contributed by atoms with E-state index >= 15 is 0 Å². The number of nitrogens with one attached hydrogen (secondary N) is 2. The van der Waals surface area contributed by atoms with Crippen LogP contribution in [0.5, 0.6) is 0 Å². The van der Waals surface area contributed by atoms with E-state index in [9.17, 15) is 101 Å². The van der Waals surface area contributed by atoms with Crippen LogP contribution in [-0.4, -0.2) is 266 Å². The van der Waals surface area contributed by atoms with E-state index in [1.165, 1.54) is 0 Å². The summed E-state index contributed by atoms with van der Waals surface area (Å²) >= 11 is 0. The fourth-order valence-corrected chi connectivity index (χ4v) is 7.64. The first kappa shape index (κ1) is 52.7. The molecule has 18 N–H and O–H groups in total. The van der Waals surface area contributed by atoms with Gasteiger partial charge in [-0.2, -0.15) is 0 Å². The molecule has 29 heteroatoms. The van der Waals surface area contributed by atoms with Crippen molar-refractivity contribution in [2.75, 3.05) is 26.4 Å². The summed E-state index contributed by atoms with van der Waals surface area (Å²) < 4.78 is 38.8. The molecule has 4 aliphatic rings. The minimum absolute atomic E-state index is 0.819. The molecule has 0 aromatic rings. The average Bonchev–Trinajstić information content (AvgIpc) is 3.22. The molecular formula is C34H56N2O27. The number of carboxylic acid groups (broad SMARTS) is 2. The summed E-state index contributed by atoms with van der Waals surface area (Å²) in [6, 6.07) is -3.34. The molecule has 29 nitrogen and oxygen atoms in total. The van der Waals surface area contributed by atoms with E-state index in [2.05, 4.69) is 10.6 Å². The number of carbonyl (C=O) groups is 4. The van der Waals surface area contributed by atoms with Crippen molar-refractivity contribution in [3.05, 3.63) is 0 Å². The van der Waals surface area contributed by atoms with Crippen molar-refractivity contribution in [2.24, 2.45) is 0 Å². The number of carboxylic acids is 2. The first-order valence-corrected chi connectivity index (χ1v) is 19.3. The summed E-state index contributed by atoms with van der Waals surface area (Å²) in [7, 11) is 0. The average molecular weight is 925 g/mol. The van der Waals surface area contributed by atoms with E-state index in [0.29, 0.717) is 0 Å². The topological polar surface area (TPSA) is 481 Å². The molecule has 0 aromatic carbocycles.